The molecule has 0 aliphatic rings. The Labute approximate surface area is 209 Å². The van der Waals surface area contributed by atoms with E-state index in [1.807, 2.05) is 0 Å². The van der Waals surface area contributed by atoms with Crippen LogP contribution in [-0.4, -0.2) is 49.9 Å². The van der Waals surface area contributed by atoms with Crippen molar-refractivity contribution >= 4 is 35.2 Å². The Balaban J connectivity index is 1.75. The van der Waals surface area contributed by atoms with Crippen LogP contribution in [0.4, 0.5) is 13.2 Å². The third-order valence-electron chi connectivity index (χ3n) is 5.16. The lowest BCUT2D eigenvalue weighted by molar-refractivity contribution is -0.140. The predicted octanol–water partition coefficient (Wildman–Crippen LogP) is 4.17. The molecule has 1 aromatic heterocycles. The van der Waals surface area contributed by atoms with Crippen molar-refractivity contribution in [2.75, 3.05) is 0 Å². The van der Waals surface area contributed by atoms with Crippen LogP contribution in [0.3, 0.4) is 0 Å². The first kappa shape index (κ1) is 26.7. The second-order valence-electron chi connectivity index (χ2n) is 7.90. The van der Waals surface area contributed by atoms with Gasteiger partial charge in [0.2, 0.25) is 5.91 Å². The van der Waals surface area contributed by atoms with Gasteiger partial charge < -0.3 is 5.32 Å². The van der Waals surface area contributed by atoms with Gasteiger partial charge in [0.05, 0.1) is 11.7 Å². The molecule has 188 valence electrons. The number of carbonyl (C=O) groups is 3. The Morgan fingerprint density at radius 3 is 2.47 bits per heavy atom. The molecule has 0 fully saturated rings. The highest BCUT2D eigenvalue weighted by atomic mass is 35.5. The molecule has 1 atom stereocenters. The molecule has 0 bridgehead atoms. The van der Waals surface area contributed by atoms with Gasteiger partial charge in [-0.25, -0.2) is 0 Å². The fourth-order valence-corrected chi connectivity index (χ4v) is 3.51. The number of alkyl halides is 3. The highest BCUT2D eigenvalue weighted by Gasteiger charge is 2.31. The number of aromatic nitrogens is 4. The Kier molecular flexibility index (Phi) is 8.70. The number of carbonyl (C=O) groups excluding carboxylic acids is 3. The summed E-state index contributed by atoms with van der Waals surface area (Å²) >= 11 is 6.04. The van der Waals surface area contributed by atoms with Gasteiger partial charge in [-0.3, -0.25) is 14.4 Å². The monoisotopic (exact) mass is 519 g/mol. The molecular weight excluding hydrogens is 499 g/mol. The number of halogens is 4. The van der Waals surface area contributed by atoms with Crippen molar-refractivity contribution in [2.45, 2.75) is 38.4 Å². The Hall–Kier alpha value is -3.86. The lowest BCUT2D eigenvalue weighted by atomic mass is 9.98. The van der Waals surface area contributed by atoms with E-state index in [4.69, 9.17) is 11.6 Å². The molecule has 0 radical (unpaired) electrons. The smallest absolute Gasteiger partial charge is 0.343 e. The van der Waals surface area contributed by atoms with Crippen LogP contribution in [0.25, 0.3) is 11.8 Å². The zero-order valence-corrected chi connectivity index (χ0v) is 19.8. The number of hydrogen-bond acceptors (Lipinski definition) is 6. The zero-order valence-electron chi connectivity index (χ0n) is 19.0. The zero-order chi connectivity index (χ0) is 26.3. The van der Waals surface area contributed by atoms with Gasteiger partial charge in [-0.2, -0.15) is 17.9 Å². The van der Waals surface area contributed by atoms with E-state index in [0.29, 0.717) is 27.4 Å². The van der Waals surface area contributed by atoms with Gasteiger partial charge in [0, 0.05) is 35.1 Å². The number of hydrogen-bond donors (Lipinski definition) is 1. The van der Waals surface area contributed by atoms with Crippen molar-refractivity contribution in [1.82, 2.24) is 25.5 Å². The lowest BCUT2D eigenvalue weighted by Gasteiger charge is -2.18. The van der Waals surface area contributed by atoms with Crippen LogP contribution in [0, 0.1) is 0 Å². The van der Waals surface area contributed by atoms with E-state index in [0.717, 1.165) is 6.08 Å². The summed E-state index contributed by atoms with van der Waals surface area (Å²) in [5.41, 5.74) is 1.93. The van der Waals surface area contributed by atoms with Crippen LogP contribution in [0.5, 0.6) is 0 Å². The molecule has 3 rings (SSSR count). The number of amides is 1. The van der Waals surface area contributed by atoms with Crippen LogP contribution in [0.15, 0.2) is 54.9 Å². The molecule has 36 heavy (non-hydrogen) atoms. The topological polar surface area (TPSA) is 107 Å². The van der Waals surface area contributed by atoms with Crippen LogP contribution >= 0.6 is 11.6 Å². The minimum atomic E-state index is -4.50. The third-order valence-corrected chi connectivity index (χ3v) is 5.40. The van der Waals surface area contributed by atoms with Crippen LogP contribution in [-0.2, 0) is 16.0 Å². The number of rotatable bonds is 10. The van der Waals surface area contributed by atoms with Crippen molar-refractivity contribution in [3.05, 3.63) is 76.6 Å². The van der Waals surface area contributed by atoms with Gasteiger partial charge >= 0.3 is 6.18 Å². The van der Waals surface area contributed by atoms with E-state index in [1.165, 1.54) is 36.1 Å². The number of benzene rings is 2. The van der Waals surface area contributed by atoms with Crippen molar-refractivity contribution in [3.8, 4) is 5.69 Å². The highest BCUT2D eigenvalue weighted by molar-refractivity contribution is 6.30. The molecule has 12 heteroatoms. The van der Waals surface area contributed by atoms with E-state index in [-0.39, 0.29) is 12.2 Å². The third kappa shape index (κ3) is 7.84. The molecule has 0 aliphatic carbocycles. The average Bonchev–Trinajstić information content (AvgIpc) is 3.35. The van der Waals surface area contributed by atoms with Gasteiger partial charge in [-0.15, -0.1) is 5.10 Å². The van der Waals surface area contributed by atoms with E-state index < -0.39 is 36.8 Å². The normalized spacial score (nSPS) is 12.5. The number of nitrogens with one attached hydrogen (secondary N) is 1. The maximum atomic E-state index is 12.8. The summed E-state index contributed by atoms with van der Waals surface area (Å²) in [7, 11) is 0. The summed E-state index contributed by atoms with van der Waals surface area (Å²) in [5, 5.41) is 13.6. The Morgan fingerprint density at radius 2 is 1.86 bits per heavy atom. The van der Waals surface area contributed by atoms with E-state index in [9.17, 15) is 27.6 Å². The molecule has 1 amide bonds. The molecule has 0 spiro atoms. The quantitative estimate of drug-likeness (QED) is 0.318. The van der Waals surface area contributed by atoms with Gasteiger partial charge in [0.1, 0.15) is 6.33 Å². The van der Waals surface area contributed by atoms with E-state index in [1.54, 1.807) is 30.3 Å². The van der Waals surface area contributed by atoms with Crippen LogP contribution < -0.4 is 5.32 Å². The van der Waals surface area contributed by atoms with Crippen molar-refractivity contribution in [2.24, 2.45) is 0 Å². The first-order chi connectivity index (χ1) is 17.0. The summed E-state index contributed by atoms with van der Waals surface area (Å²) in [6.07, 6.45) is -2.73. The molecule has 1 unspecified atom stereocenters. The molecule has 0 saturated carbocycles. The van der Waals surface area contributed by atoms with Crippen LogP contribution in [0.1, 0.15) is 41.3 Å². The summed E-state index contributed by atoms with van der Waals surface area (Å²) in [6.45, 7) is 1.39. The SMILES string of the molecule is CC(=O)c1ccc(CC(=O)C(CCC(F)(F)F)NC(=O)/C=C/c2cc(Cl)ccc2-n2cnnn2)cc1. The lowest BCUT2D eigenvalue weighted by Crippen LogP contribution is -2.41. The fraction of sp³-hybridized carbons (Fsp3) is 0.250. The van der Waals surface area contributed by atoms with Gasteiger partial charge in [0.25, 0.3) is 0 Å². The van der Waals surface area contributed by atoms with Crippen molar-refractivity contribution in [3.63, 3.8) is 0 Å². The maximum Gasteiger partial charge on any atom is 0.389 e. The fourth-order valence-electron chi connectivity index (χ4n) is 3.33. The molecule has 1 N–H and O–H groups in total. The Bertz CT molecular complexity index is 1260. The average molecular weight is 520 g/mol. The molecule has 8 nitrogen and oxygen atoms in total. The first-order valence-corrected chi connectivity index (χ1v) is 11.1. The maximum absolute atomic E-state index is 12.8. The number of ketones is 2. The van der Waals surface area contributed by atoms with Gasteiger partial charge in [-0.1, -0.05) is 35.9 Å². The summed E-state index contributed by atoms with van der Waals surface area (Å²) in [6, 6.07) is 9.59. The molecule has 3 aromatic rings. The van der Waals surface area contributed by atoms with Crippen molar-refractivity contribution < 1.29 is 27.6 Å². The molecule has 1 heterocycles. The minimum Gasteiger partial charge on any atom is -0.343 e. The summed E-state index contributed by atoms with van der Waals surface area (Å²) in [5.74, 6) is -1.50. The van der Waals surface area contributed by atoms with Crippen molar-refractivity contribution in [1.29, 1.82) is 0 Å². The minimum absolute atomic E-state index is 0.155. The predicted molar refractivity (Wildman–Crippen MR) is 126 cm³/mol. The van der Waals surface area contributed by atoms with E-state index in [2.05, 4.69) is 20.8 Å². The molecule has 0 saturated heterocycles. The van der Waals surface area contributed by atoms with Gasteiger partial charge in [0.15, 0.2) is 11.6 Å². The highest BCUT2D eigenvalue weighted by Crippen LogP contribution is 2.23. The Morgan fingerprint density at radius 1 is 1.14 bits per heavy atom. The summed E-state index contributed by atoms with van der Waals surface area (Å²) in [4.78, 5) is 36.8. The number of Topliss-reactive ketones (excluding diaryl/α,β-unsaturated/α-hetero) is 2. The van der Waals surface area contributed by atoms with E-state index >= 15 is 0 Å². The number of tetrazole rings is 1. The largest absolute Gasteiger partial charge is 0.389 e. The first-order valence-electron chi connectivity index (χ1n) is 10.7. The standard InChI is InChI=1S/C24H21ClF3N5O3/c1-15(34)17-4-2-16(3-5-17)12-22(35)20(10-11-24(26,27)28)30-23(36)9-6-18-13-19(25)7-8-21(18)33-14-29-31-32-33/h2-9,13-14,20H,10-12H2,1H3,(H,30,36)/b9-6+. The summed E-state index contributed by atoms with van der Waals surface area (Å²) < 4.78 is 39.9. The second kappa shape index (κ2) is 11.7. The second-order valence-corrected chi connectivity index (χ2v) is 8.34. The molecule has 0 aliphatic heterocycles. The molecule has 2 aromatic carbocycles. The number of nitrogens with zero attached hydrogens (tertiary/aromatic N) is 4. The van der Waals surface area contributed by atoms with Crippen LogP contribution in [0.2, 0.25) is 5.02 Å². The van der Waals surface area contributed by atoms with Gasteiger partial charge in [-0.05, 0) is 53.6 Å². The molecular formula is C24H21ClF3N5O3.